The van der Waals surface area contributed by atoms with Crippen molar-refractivity contribution in [3.05, 3.63) is 43.0 Å². The molecule has 21 heavy (non-hydrogen) atoms. The summed E-state index contributed by atoms with van der Waals surface area (Å²) in [5, 5.41) is 6.39. The molecular weight excluding hydrogens is 264 g/mol. The molecular formula is C16H20N4O. The largest absolute Gasteiger partial charge is 0.324 e. The molecule has 2 aromatic rings. The number of aromatic nitrogens is 2. The quantitative estimate of drug-likeness (QED) is 0.908. The van der Waals surface area contributed by atoms with Crippen molar-refractivity contribution in [2.24, 2.45) is 5.41 Å². The van der Waals surface area contributed by atoms with Gasteiger partial charge in [0.25, 0.3) is 0 Å². The highest BCUT2D eigenvalue weighted by atomic mass is 16.2. The number of para-hydroxylation sites is 2. The minimum Gasteiger partial charge on any atom is -0.324 e. The number of carbonyl (C=O) groups excluding carboxylic acids is 1. The number of hydrogen-bond acceptors (Lipinski definition) is 3. The van der Waals surface area contributed by atoms with Crippen LogP contribution >= 0.6 is 0 Å². The number of imidazole rings is 1. The van der Waals surface area contributed by atoms with E-state index >= 15 is 0 Å². The lowest BCUT2D eigenvalue weighted by Crippen LogP contribution is -2.46. The van der Waals surface area contributed by atoms with E-state index in [1.165, 1.54) is 0 Å². The van der Waals surface area contributed by atoms with Crippen LogP contribution in [0.4, 0.5) is 5.69 Å². The SMILES string of the molecule is CC1(C(=O)Nc2ccccc2-n2ccnc2)CCCNC1. The molecule has 2 N–H and O–H groups in total. The topological polar surface area (TPSA) is 59.0 Å². The van der Waals surface area contributed by atoms with Crippen molar-refractivity contribution in [1.82, 2.24) is 14.9 Å². The molecule has 1 fully saturated rings. The van der Waals surface area contributed by atoms with Gasteiger partial charge in [-0.15, -0.1) is 0 Å². The molecule has 5 nitrogen and oxygen atoms in total. The summed E-state index contributed by atoms with van der Waals surface area (Å²) in [4.78, 5) is 16.7. The predicted molar refractivity (Wildman–Crippen MR) is 82.4 cm³/mol. The fourth-order valence-corrected chi connectivity index (χ4v) is 2.73. The molecule has 110 valence electrons. The zero-order valence-electron chi connectivity index (χ0n) is 12.2. The van der Waals surface area contributed by atoms with Crippen LogP contribution in [0.5, 0.6) is 0 Å². The molecule has 1 aliphatic rings. The number of rotatable bonds is 3. The van der Waals surface area contributed by atoms with Crippen molar-refractivity contribution < 1.29 is 4.79 Å². The van der Waals surface area contributed by atoms with Gasteiger partial charge in [0.15, 0.2) is 0 Å². The first-order chi connectivity index (χ1) is 10.2. The molecule has 5 heteroatoms. The summed E-state index contributed by atoms with van der Waals surface area (Å²) in [6, 6.07) is 7.78. The number of amides is 1. The molecule has 2 heterocycles. The minimum absolute atomic E-state index is 0.0715. The molecule has 1 amide bonds. The van der Waals surface area contributed by atoms with Crippen LogP contribution in [0.1, 0.15) is 19.8 Å². The zero-order chi connectivity index (χ0) is 14.7. The number of carbonyl (C=O) groups is 1. The van der Waals surface area contributed by atoms with E-state index in [2.05, 4.69) is 15.6 Å². The first-order valence-corrected chi connectivity index (χ1v) is 7.29. The summed E-state index contributed by atoms with van der Waals surface area (Å²) in [5.41, 5.74) is 1.39. The highest BCUT2D eigenvalue weighted by Crippen LogP contribution is 2.28. The van der Waals surface area contributed by atoms with Crippen molar-refractivity contribution in [3.8, 4) is 5.69 Å². The van der Waals surface area contributed by atoms with Gasteiger partial charge >= 0.3 is 0 Å². The number of anilines is 1. The highest BCUT2D eigenvalue weighted by molar-refractivity contribution is 5.97. The summed E-state index contributed by atoms with van der Waals surface area (Å²) in [6.07, 6.45) is 7.28. The number of hydrogen-bond donors (Lipinski definition) is 2. The van der Waals surface area contributed by atoms with E-state index < -0.39 is 0 Å². The molecule has 1 aliphatic heterocycles. The third-order valence-electron chi connectivity index (χ3n) is 4.08. The van der Waals surface area contributed by atoms with Crippen LogP contribution in [0.3, 0.4) is 0 Å². The molecule has 1 unspecified atom stereocenters. The maximum Gasteiger partial charge on any atom is 0.231 e. The van der Waals surface area contributed by atoms with E-state index in [-0.39, 0.29) is 11.3 Å². The van der Waals surface area contributed by atoms with Gasteiger partial charge in [0.1, 0.15) is 0 Å². The summed E-state index contributed by atoms with van der Waals surface area (Å²) in [6.45, 7) is 3.74. The summed E-state index contributed by atoms with van der Waals surface area (Å²) in [7, 11) is 0. The Hall–Kier alpha value is -2.14. The Labute approximate surface area is 124 Å². The van der Waals surface area contributed by atoms with Gasteiger partial charge in [-0.2, -0.15) is 0 Å². The molecule has 0 bridgehead atoms. The first-order valence-electron chi connectivity index (χ1n) is 7.29. The van der Waals surface area contributed by atoms with Crippen LogP contribution in [-0.4, -0.2) is 28.5 Å². The second kappa shape index (κ2) is 5.69. The normalized spacial score (nSPS) is 22.0. The number of piperidine rings is 1. The summed E-state index contributed by atoms with van der Waals surface area (Å²) < 4.78 is 1.90. The van der Waals surface area contributed by atoms with Crippen LogP contribution in [0.15, 0.2) is 43.0 Å². The number of nitrogens with zero attached hydrogens (tertiary/aromatic N) is 2. The van der Waals surface area contributed by atoms with Gasteiger partial charge in [-0.05, 0) is 38.4 Å². The fraction of sp³-hybridized carbons (Fsp3) is 0.375. The maximum absolute atomic E-state index is 12.6. The van der Waals surface area contributed by atoms with Gasteiger partial charge in [-0.1, -0.05) is 12.1 Å². The Bertz CT molecular complexity index is 615. The Balaban J connectivity index is 1.83. The van der Waals surface area contributed by atoms with Gasteiger partial charge in [0.05, 0.1) is 23.1 Å². The fourth-order valence-electron chi connectivity index (χ4n) is 2.73. The Morgan fingerprint density at radius 3 is 3.00 bits per heavy atom. The molecule has 1 saturated heterocycles. The molecule has 1 aromatic carbocycles. The Kier molecular flexibility index (Phi) is 3.75. The smallest absolute Gasteiger partial charge is 0.231 e. The van der Waals surface area contributed by atoms with Crippen molar-refractivity contribution in [2.75, 3.05) is 18.4 Å². The van der Waals surface area contributed by atoms with Gasteiger partial charge in [-0.3, -0.25) is 4.79 Å². The lowest BCUT2D eigenvalue weighted by molar-refractivity contribution is -0.125. The van der Waals surface area contributed by atoms with E-state index in [4.69, 9.17) is 0 Å². The van der Waals surface area contributed by atoms with Crippen molar-refractivity contribution in [3.63, 3.8) is 0 Å². The van der Waals surface area contributed by atoms with Crippen molar-refractivity contribution >= 4 is 11.6 Å². The molecule has 0 spiro atoms. The molecule has 1 aromatic heterocycles. The monoisotopic (exact) mass is 284 g/mol. The van der Waals surface area contributed by atoms with Crippen molar-refractivity contribution in [1.29, 1.82) is 0 Å². The third-order valence-corrected chi connectivity index (χ3v) is 4.08. The van der Waals surface area contributed by atoms with Crippen molar-refractivity contribution in [2.45, 2.75) is 19.8 Å². The van der Waals surface area contributed by atoms with Crippen LogP contribution in [0.2, 0.25) is 0 Å². The van der Waals surface area contributed by atoms with Gasteiger partial charge in [0, 0.05) is 18.9 Å². The van der Waals surface area contributed by atoms with E-state index in [1.54, 1.807) is 12.5 Å². The average Bonchev–Trinajstić information content (AvgIpc) is 3.02. The lowest BCUT2D eigenvalue weighted by Gasteiger charge is -2.32. The van der Waals surface area contributed by atoms with Crippen LogP contribution in [-0.2, 0) is 4.79 Å². The van der Waals surface area contributed by atoms with Crippen LogP contribution in [0.25, 0.3) is 5.69 Å². The zero-order valence-corrected chi connectivity index (χ0v) is 12.2. The molecule has 0 saturated carbocycles. The maximum atomic E-state index is 12.6. The van der Waals surface area contributed by atoms with Gasteiger partial charge < -0.3 is 15.2 Å². The van der Waals surface area contributed by atoms with E-state index in [1.807, 2.05) is 42.0 Å². The van der Waals surface area contributed by atoms with Gasteiger partial charge in [0.2, 0.25) is 5.91 Å². The standard InChI is InChI=1S/C16H20N4O/c1-16(7-4-8-17-11-16)15(21)19-13-5-2-3-6-14(13)20-10-9-18-12-20/h2-3,5-6,9-10,12,17H,4,7-8,11H2,1H3,(H,19,21). The molecule has 0 radical (unpaired) electrons. The number of benzene rings is 1. The summed E-state index contributed by atoms with van der Waals surface area (Å²) >= 11 is 0. The van der Waals surface area contributed by atoms with Gasteiger partial charge in [-0.25, -0.2) is 4.98 Å². The number of nitrogens with one attached hydrogen (secondary N) is 2. The average molecular weight is 284 g/mol. The van der Waals surface area contributed by atoms with E-state index in [0.29, 0.717) is 0 Å². The third kappa shape index (κ3) is 2.83. The Morgan fingerprint density at radius 1 is 1.43 bits per heavy atom. The minimum atomic E-state index is -0.347. The van der Waals surface area contributed by atoms with E-state index in [9.17, 15) is 4.79 Å². The predicted octanol–water partition coefficient (Wildman–Crippen LogP) is 2.20. The molecule has 0 aliphatic carbocycles. The second-order valence-corrected chi connectivity index (χ2v) is 5.78. The van der Waals surface area contributed by atoms with Crippen LogP contribution < -0.4 is 10.6 Å². The second-order valence-electron chi connectivity index (χ2n) is 5.78. The van der Waals surface area contributed by atoms with E-state index in [0.717, 1.165) is 37.3 Å². The summed E-state index contributed by atoms with van der Waals surface area (Å²) in [5.74, 6) is 0.0715. The lowest BCUT2D eigenvalue weighted by atomic mass is 9.82. The molecule has 3 rings (SSSR count). The highest BCUT2D eigenvalue weighted by Gasteiger charge is 2.34. The molecule has 1 atom stereocenters. The van der Waals surface area contributed by atoms with Crippen LogP contribution in [0, 0.1) is 5.41 Å². The Morgan fingerprint density at radius 2 is 2.29 bits per heavy atom. The first kappa shape index (κ1) is 13.8.